The molecule has 3 N–H and O–H groups in total. The molecule has 0 heterocycles. The average molecular weight is 243 g/mol. The molecule has 0 aliphatic rings. The fourth-order valence-electron chi connectivity index (χ4n) is 1.22. The number of rotatable bonds is 3. The Labute approximate surface area is 99.6 Å². The smallest absolute Gasteiger partial charge is 0.255 e. The van der Waals surface area contributed by atoms with E-state index in [9.17, 15) is 4.79 Å². The molecule has 0 fully saturated rings. The molecule has 4 nitrogen and oxygen atoms in total. The summed E-state index contributed by atoms with van der Waals surface area (Å²) in [5.74, 6) is -0.251. The van der Waals surface area contributed by atoms with Crippen molar-refractivity contribution in [3.05, 3.63) is 28.8 Å². The third-order valence-electron chi connectivity index (χ3n) is 2.47. The van der Waals surface area contributed by atoms with E-state index in [1.54, 1.807) is 26.1 Å². The largest absolute Gasteiger partial charge is 0.399 e. The molecular formula is C11H15ClN2O2. The van der Waals surface area contributed by atoms with Crippen molar-refractivity contribution in [3.63, 3.8) is 0 Å². The standard InChI is InChI=1S/C11H15ClN2O2/c1-7(6-15)14(2)11(16)9-5-8(13)3-4-10(9)12/h3-5,7,15H,6,13H2,1-2H3. The maximum absolute atomic E-state index is 12.0. The molecule has 0 aromatic heterocycles. The summed E-state index contributed by atoms with van der Waals surface area (Å²) in [5, 5.41) is 9.33. The first-order chi connectivity index (χ1) is 7.47. The van der Waals surface area contributed by atoms with Crippen LogP contribution in [0.4, 0.5) is 5.69 Å². The molecule has 1 amide bonds. The van der Waals surface area contributed by atoms with Gasteiger partial charge in [0.25, 0.3) is 5.91 Å². The lowest BCUT2D eigenvalue weighted by Gasteiger charge is -2.23. The molecule has 0 saturated carbocycles. The second kappa shape index (κ2) is 5.18. The molecular weight excluding hydrogens is 228 g/mol. The van der Waals surface area contributed by atoms with Crippen molar-refractivity contribution in [2.75, 3.05) is 19.4 Å². The van der Waals surface area contributed by atoms with Crippen LogP contribution >= 0.6 is 11.6 Å². The SMILES string of the molecule is CC(CO)N(C)C(=O)c1cc(N)ccc1Cl. The van der Waals surface area contributed by atoms with Crippen LogP contribution in [-0.4, -0.2) is 35.6 Å². The van der Waals surface area contributed by atoms with Gasteiger partial charge in [0, 0.05) is 12.7 Å². The minimum Gasteiger partial charge on any atom is -0.399 e. The predicted molar refractivity (Wildman–Crippen MR) is 64.5 cm³/mol. The molecule has 5 heteroatoms. The molecule has 16 heavy (non-hydrogen) atoms. The second-order valence-electron chi connectivity index (χ2n) is 3.69. The Kier molecular flexibility index (Phi) is 4.15. The highest BCUT2D eigenvalue weighted by Crippen LogP contribution is 2.20. The number of carbonyl (C=O) groups excluding carboxylic acids is 1. The number of benzene rings is 1. The molecule has 0 spiro atoms. The van der Waals surface area contributed by atoms with Crippen LogP contribution in [-0.2, 0) is 0 Å². The number of aliphatic hydroxyl groups is 1. The van der Waals surface area contributed by atoms with E-state index in [2.05, 4.69) is 0 Å². The number of nitrogens with zero attached hydrogens (tertiary/aromatic N) is 1. The first-order valence-corrected chi connectivity index (χ1v) is 5.28. The van der Waals surface area contributed by atoms with E-state index in [0.29, 0.717) is 16.3 Å². The molecule has 0 aliphatic carbocycles. The summed E-state index contributed by atoms with van der Waals surface area (Å²) in [5.41, 5.74) is 6.43. The zero-order valence-electron chi connectivity index (χ0n) is 9.27. The van der Waals surface area contributed by atoms with Crippen LogP contribution in [0.5, 0.6) is 0 Å². The van der Waals surface area contributed by atoms with Crippen molar-refractivity contribution < 1.29 is 9.90 Å². The van der Waals surface area contributed by atoms with Gasteiger partial charge in [-0.05, 0) is 25.1 Å². The molecule has 1 unspecified atom stereocenters. The number of likely N-dealkylation sites (N-methyl/N-ethyl adjacent to an activating group) is 1. The van der Waals surface area contributed by atoms with E-state index in [-0.39, 0.29) is 18.6 Å². The molecule has 88 valence electrons. The maximum atomic E-state index is 12.0. The average Bonchev–Trinajstić information content (AvgIpc) is 2.29. The predicted octanol–water partition coefficient (Wildman–Crippen LogP) is 1.37. The molecule has 0 aliphatic heterocycles. The molecule has 1 rings (SSSR count). The number of aliphatic hydroxyl groups excluding tert-OH is 1. The van der Waals surface area contributed by atoms with Gasteiger partial charge in [-0.15, -0.1) is 0 Å². The van der Waals surface area contributed by atoms with Crippen LogP contribution < -0.4 is 5.73 Å². The van der Waals surface area contributed by atoms with Crippen molar-refractivity contribution in [3.8, 4) is 0 Å². The number of anilines is 1. The van der Waals surface area contributed by atoms with Gasteiger partial charge in [-0.2, -0.15) is 0 Å². The van der Waals surface area contributed by atoms with Crippen LogP contribution in [0, 0.1) is 0 Å². The zero-order valence-corrected chi connectivity index (χ0v) is 10.0. The molecule has 0 radical (unpaired) electrons. The highest BCUT2D eigenvalue weighted by Gasteiger charge is 2.19. The first kappa shape index (κ1) is 12.8. The van der Waals surface area contributed by atoms with Crippen molar-refractivity contribution in [1.29, 1.82) is 0 Å². The summed E-state index contributed by atoms with van der Waals surface area (Å²) in [7, 11) is 1.61. The third kappa shape index (κ3) is 2.65. The lowest BCUT2D eigenvalue weighted by Crippen LogP contribution is -2.37. The first-order valence-electron chi connectivity index (χ1n) is 4.90. The van der Waals surface area contributed by atoms with Gasteiger partial charge in [0.2, 0.25) is 0 Å². The van der Waals surface area contributed by atoms with Crippen LogP contribution in [0.1, 0.15) is 17.3 Å². The minimum absolute atomic E-state index is 0.0951. The van der Waals surface area contributed by atoms with Gasteiger partial charge in [0.1, 0.15) is 0 Å². The monoisotopic (exact) mass is 242 g/mol. The summed E-state index contributed by atoms with van der Waals surface area (Å²) in [6.45, 7) is 1.65. The topological polar surface area (TPSA) is 66.6 Å². The Hall–Kier alpha value is -1.26. The lowest BCUT2D eigenvalue weighted by atomic mass is 10.1. The quantitative estimate of drug-likeness (QED) is 0.787. The second-order valence-corrected chi connectivity index (χ2v) is 4.09. The lowest BCUT2D eigenvalue weighted by molar-refractivity contribution is 0.0682. The van der Waals surface area contributed by atoms with E-state index >= 15 is 0 Å². The molecule has 1 aromatic rings. The Morgan fingerprint density at radius 3 is 2.81 bits per heavy atom. The van der Waals surface area contributed by atoms with E-state index < -0.39 is 0 Å². The van der Waals surface area contributed by atoms with Gasteiger partial charge in [-0.25, -0.2) is 0 Å². The summed E-state index contributed by atoms with van der Waals surface area (Å²) in [6.07, 6.45) is 0. The summed E-state index contributed by atoms with van der Waals surface area (Å²) < 4.78 is 0. The van der Waals surface area contributed by atoms with Crippen molar-refractivity contribution >= 4 is 23.2 Å². The van der Waals surface area contributed by atoms with Crippen molar-refractivity contribution in [1.82, 2.24) is 4.90 Å². The van der Waals surface area contributed by atoms with Gasteiger partial charge in [0.05, 0.1) is 23.2 Å². The Morgan fingerprint density at radius 2 is 2.25 bits per heavy atom. The molecule has 1 aromatic carbocycles. The van der Waals surface area contributed by atoms with Crippen molar-refractivity contribution in [2.24, 2.45) is 0 Å². The van der Waals surface area contributed by atoms with Crippen LogP contribution in [0.15, 0.2) is 18.2 Å². The number of nitrogens with two attached hydrogens (primary N) is 1. The summed E-state index contributed by atoms with van der Waals surface area (Å²) in [6, 6.07) is 4.49. The van der Waals surface area contributed by atoms with E-state index in [0.717, 1.165) is 0 Å². The number of carbonyl (C=O) groups is 1. The van der Waals surface area contributed by atoms with E-state index in [4.69, 9.17) is 22.4 Å². The van der Waals surface area contributed by atoms with E-state index in [1.807, 2.05) is 0 Å². The highest BCUT2D eigenvalue weighted by atomic mass is 35.5. The molecule has 0 bridgehead atoms. The van der Waals surface area contributed by atoms with Gasteiger partial charge < -0.3 is 15.7 Å². The van der Waals surface area contributed by atoms with Gasteiger partial charge in [-0.3, -0.25) is 4.79 Å². The van der Waals surface area contributed by atoms with Gasteiger partial charge in [-0.1, -0.05) is 11.6 Å². The van der Waals surface area contributed by atoms with Crippen LogP contribution in [0.3, 0.4) is 0 Å². The Balaban J connectivity index is 3.00. The zero-order chi connectivity index (χ0) is 12.3. The van der Waals surface area contributed by atoms with Crippen LogP contribution in [0.25, 0.3) is 0 Å². The molecule has 0 saturated heterocycles. The summed E-state index contributed by atoms with van der Waals surface area (Å²) >= 11 is 5.92. The summed E-state index contributed by atoms with van der Waals surface area (Å²) in [4.78, 5) is 13.4. The van der Waals surface area contributed by atoms with Crippen molar-refractivity contribution in [2.45, 2.75) is 13.0 Å². The number of halogens is 1. The minimum atomic E-state index is -0.259. The fourth-order valence-corrected chi connectivity index (χ4v) is 1.42. The molecule has 1 atom stereocenters. The number of hydrogen-bond acceptors (Lipinski definition) is 3. The number of hydrogen-bond donors (Lipinski definition) is 2. The normalized spacial score (nSPS) is 12.2. The number of amides is 1. The Bertz CT molecular complexity index is 396. The number of nitrogen functional groups attached to an aromatic ring is 1. The third-order valence-corrected chi connectivity index (χ3v) is 2.80. The Morgan fingerprint density at radius 1 is 1.62 bits per heavy atom. The highest BCUT2D eigenvalue weighted by molar-refractivity contribution is 6.34. The van der Waals surface area contributed by atoms with Crippen LogP contribution in [0.2, 0.25) is 5.02 Å². The van der Waals surface area contributed by atoms with Gasteiger partial charge >= 0.3 is 0 Å². The van der Waals surface area contributed by atoms with Gasteiger partial charge in [0.15, 0.2) is 0 Å². The van der Waals surface area contributed by atoms with E-state index in [1.165, 1.54) is 11.0 Å². The maximum Gasteiger partial charge on any atom is 0.255 e. The fraction of sp³-hybridized carbons (Fsp3) is 0.364.